The average Bonchev–Trinajstić information content (AvgIpc) is 3.17. The molecule has 2 rings (SSSR count). The maximum absolute atomic E-state index is 13.2. The Morgan fingerprint density at radius 2 is 2.32 bits per heavy atom. The van der Waals surface area contributed by atoms with Crippen LogP contribution in [-0.2, 0) is 15.1 Å². The highest BCUT2D eigenvalue weighted by Crippen LogP contribution is 2.45. The fraction of sp³-hybridized carbons (Fsp3) is 0.500. The number of halogens is 1. The lowest BCUT2D eigenvalue weighted by molar-refractivity contribution is -0.124. The Bertz CT molecular complexity index is 457. The van der Waals surface area contributed by atoms with Crippen molar-refractivity contribution in [1.82, 2.24) is 5.32 Å². The monoisotopic (exact) mass is 266 g/mol. The third-order valence-corrected chi connectivity index (χ3v) is 3.52. The number of methoxy groups -OCH3 is 1. The van der Waals surface area contributed by atoms with Gasteiger partial charge in [-0.1, -0.05) is 12.1 Å². The van der Waals surface area contributed by atoms with Crippen molar-refractivity contribution in [2.45, 2.75) is 30.9 Å². The summed E-state index contributed by atoms with van der Waals surface area (Å²) in [6, 6.07) is 6.38. The molecule has 0 spiro atoms. The molecule has 0 saturated heterocycles. The molecule has 5 heteroatoms. The van der Waals surface area contributed by atoms with E-state index in [0.717, 1.165) is 18.4 Å². The maximum Gasteiger partial charge on any atom is 0.223 e. The molecule has 19 heavy (non-hydrogen) atoms. The minimum atomic E-state index is -0.397. The summed E-state index contributed by atoms with van der Waals surface area (Å²) in [6.07, 6.45) is 1.62. The Morgan fingerprint density at radius 3 is 2.84 bits per heavy atom. The summed E-state index contributed by atoms with van der Waals surface area (Å²) in [7, 11) is 1.53. The van der Waals surface area contributed by atoms with Gasteiger partial charge in [-0.3, -0.25) is 4.79 Å². The van der Waals surface area contributed by atoms with Gasteiger partial charge in [0.2, 0.25) is 5.91 Å². The van der Waals surface area contributed by atoms with Gasteiger partial charge in [0, 0.05) is 13.7 Å². The molecule has 4 nitrogen and oxygen atoms in total. The lowest BCUT2D eigenvalue weighted by atomic mass is 10.0. The second-order valence-corrected chi connectivity index (χ2v) is 4.94. The first-order valence-corrected chi connectivity index (χ1v) is 6.39. The number of hydrogen-bond donors (Lipinski definition) is 2. The van der Waals surface area contributed by atoms with E-state index in [-0.39, 0.29) is 24.2 Å². The van der Waals surface area contributed by atoms with Gasteiger partial charge in [-0.15, -0.1) is 0 Å². The highest BCUT2D eigenvalue weighted by molar-refractivity contribution is 5.78. The lowest BCUT2D eigenvalue weighted by Gasteiger charge is -2.20. The summed E-state index contributed by atoms with van der Waals surface area (Å²) in [5.74, 6) is -0.395. The standard InChI is InChI=1S/C14H19FN2O2/c1-19-12(9-16)8-13(18)17-14(5-6-14)10-3-2-4-11(15)7-10/h2-4,7,12H,5-6,8-9,16H2,1H3,(H,17,18). The van der Waals surface area contributed by atoms with Crippen LogP contribution in [0.2, 0.25) is 0 Å². The number of nitrogens with two attached hydrogens (primary N) is 1. The largest absolute Gasteiger partial charge is 0.380 e. The minimum absolute atomic E-state index is 0.112. The highest BCUT2D eigenvalue weighted by Gasteiger charge is 2.45. The zero-order valence-electron chi connectivity index (χ0n) is 11.0. The molecule has 0 aromatic heterocycles. The lowest BCUT2D eigenvalue weighted by Crippen LogP contribution is -2.38. The van der Waals surface area contributed by atoms with E-state index in [1.54, 1.807) is 6.07 Å². The summed E-state index contributed by atoms with van der Waals surface area (Å²) >= 11 is 0. The zero-order chi connectivity index (χ0) is 13.9. The molecule has 1 saturated carbocycles. The van der Waals surface area contributed by atoms with Gasteiger partial charge in [-0.05, 0) is 30.5 Å². The Hall–Kier alpha value is -1.46. The van der Waals surface area contributed by atoms with Gasteiger partial charge in [0.25, 0.3) is 0 Å². The van der Waals surface area contributed by atoms with E-state index in [9.17, 15) is 9.18 Å². The second-order valence-electron chi connectivity index (χ2n) is 4.94. The number of nitrogens with one attached hydrogen (secondary N) is 1. The smallest absolute Gasteiger partial charge is 0.223 e. The molecular formula is C14H19FN2O2. The molecule has 104 valence electrons. The number of carbonyl (C=O) groups is 1. The van der Waals surface area contributed by atoms with Crippen LogP contribution in [0.4, 0.5) is 4.39 Å². The summed E-state index contributed by atoms with van der Waals surface area (Å²) in [5, 5.41) is 2.97. The van der Waals surface area contributed by atoms with Gasteiger partial charge in [-0.2, -0.15) is 0 Å². The fourth-order valence-corrected chi connectivity index (χ4v) is 2.18. The van der Waals surface area contributed by atoms with Crippen molar-refractivity contribution in [2.24, 2.45) is 5.73 Å². The molecule has 1 aromatic rings. The SMILES string of the molecule is COC(CN)CC(=O)NC1(c2cccc(F)c2)CC1. The quantitative estimate of drug-likeness (QED) is 0.815. The number of ether oxygens (including phenoxy) is 1. The van der Waals surface area contributed by atoms with Crippen molar-refractivity contribution in [3.8, 4) is 0 Å². The molecule has 1 unspecified atom stereocenters. The first-order valence-electron chi connectivity index (χ1n) is 6.39. The molecule has 0 heterocycles. The zero-order valence-corrected chi connectivity index (χ0v) is 11.0. The number of hydrogen-bond acceptors (Lipinski definition) is 3. The van der Waals surface area contributed by atoms with E-state index >= 15 is 0 Å². The third kappa shape index (κ3) is 3.30. The van der Waals surface area contributed by atoms with Crippen molar-refractivity contribution < 1.29 is 13.9 Å². The second kappa shape index (κ2) is 5.67. The average molecular weight is 266 g/mol. The highest BCUT2D eigenvalue weighted by atomic mass is 19.1. The van der Waals surface area contributed by atoms with Gasteiger partial charge in [0.1, 0.15) is 5.82 Å². The van der Waals surface area contributed by atoms with Gasteiger partial charge in [0.05, 0.1) is 18.1 Å². The molecule has 0 radical (unpaired) electrons. The van der Waals surface area contributed by atoms with Crippen LogP contribution in [0, 0.1) is 5.82 Å². The Labute approximate surface area is 112 Å². The molecule has 3 N–H and O–H groups in total. The van der Waals surface area contributed by atoms with E-state index < -0.39 is 5.54 Å². The Morgan fingerprint density at radius 1 is 1.58 bits per heavy atom. The van der Waals surface area contributed by atoms with Crippen molar-refractivity contribution in [3.63, 3.8) is 0 Å². The predicted molar refractivity (Wildman–Crippen MR) is 69.9 cm³/mol. The summed E-state index contributed by atoms with van der Waals surface area (Å²) in [6.45, 7) is 0.302. The van der Waals surface area contributed by atoms with Crippen LogP contribution in [0.25, 0.3) is 0 Å². The first kappa shape index (κ1) is 14.0. The van der Waals surface area contributed by atoms with E-state index in [1.807, 2.05) is 6.07 Å². The number of carbonyl (C=O) groups excluding carboxylic acids is 1. The summed E-state index contributed by atoms with van der Waals surface area (Å²) in [4.78, 5) is 11.9. The fourth-order valence-electron chi connectivity index (χ4n) is 2.18. The van der Waals surface area contributed by atoms with Crippen LogP contribution in [0.5, 0.6) is 0 Å². The number of rotatable bonds is 6. The van der Waals surface area contributed by atoms with Crippen molar-refractivity contribution in [2.75, 3.05) is 13.7 Å². The molecule has 1 aliphatic carbocycles. The predicted octanol–water partition coefficient (Wildman–Crippen LogP) is 1.29. The molecule has 1 atom stereocenters. The van der Waals surface area contributed by atoms with E-state index in [0.29, 0.717) is 6.54 Å². The van der Waals surface area contributed by atoms with E-state index in [1.165, 1.54) is 19.2 Å². The number of benzene rings is 1. The molecule has 1 aromatic carbocycles. The summed E-state index contributed by atoms with van der Waals surface area (Å²) in [5.41, 5.74) is 5.91. The van der Waals surface area contributed by atoms with Crippen LogP contribution in [0.15, 0.2) is 24.3 Å². The Balaban J connectivity index is 2.00. The first-order chi connectivity index (χ1) is 9.09. The van der Waals surface area contributed by atoms with E-state index in [4.69, 9.17) is 10.5 Å². The third-order valence-electron chi connectivity index (χ3n) is 3.52. The molecular weight excluding hydrogens is 247 g/mol. The normalized spacial score (nSPS) is 17.8. The van der Waals surface area contributed by atoms with Gasteiger partial charge in [0.15, 0.2) is 0 Å². The van der Waals surface area contributed by atoms with Crippen LogP contribution in [-0.4, -0.2) is 25.7 Å². The van der Waals surface area contributed by atoms with E-state index in [2.05, 4.69) is 5.32 Å². The topological polar surface area (TPSA) is 64.3 Å². The number of amides is 1. The van der Waals surface area contributed by atoms with Crippen LogP contribution >= 0.6 is 0 Å². The van der Waals surface area contributed by atoms with Gasteiger partial charge >= 0.3 is 0 Å². The molecule has 0 aliphatic heterocycles. The van der Waals surface area contributed by atoms with Gasteiger partial charge < -0.3 is 15.8 Å². The Kier molecular flexibility index (Phi) is 4.17. The molecule has 0 bridgehead atoms. The minimum Gasteiger partial charge on any atom is -0.380 e. The molecule has 1 fully saturated rings. The van der Waals surface area contributed by atoms with Crippen LogP contribution in [0.3, 0.4) is 0 Å². The van der Waals surface area contributed by atoms with Crippen LogP contribution in [0.1, 0.15) is 24.8 Å². The van der Waals surface area contributed by atoms with Gasteiger partial charge in [-0.25, -0.2) is 4.39 Å². The van der Waals surface area contributed by atoms with Crippen LogP contribution < -0.4 is 11.1 Å². The van der Waals surface area contributed by atoms with Crippen molar-refractivity contribution in [1.29, 1.82) is 0 Å². The molecule has 1 aliphatic rings. The van der Waals surface area contributed by atoms with Crippen molar-refractivity contribution in [3.05, 3.63) is 35.6 Å². The summed E-state index contributed by atoms with van der Waals surface area (Å²) < 4.78 is 18.3. The maximum atomic E-state index is 13.2. The molecule has 1 amide bonds. The van der Waals surface area contributed by atoms with Crippen molar-refractivity contribution >= 4 is 5.91 Å².